The van der Waals surface area contributed by atoms with Crippen molar-refractivity contribution in [3.63, 3.8) is 0 Å². The van der Waals surface area contributed by atoms with E-state index in [9.17, 15) is 4.79 Å². The number of amides is 1. The monoisotopic (exact) mass is 229 g/mol. The minimum Gasteiger partial charge on any atom is -0.461 e. The molecule has 0 bridgehead atoms. The van der Waals surface area contributed by atoms with Gasteiger partial charge in [-0.2, -0.15) is 0 Å². The lowest BCUT2D eigenvalue weighted by Crippen LogP contribution is -2.40. The smallest absolute Gasteiger partial charge is 0.220 e. The third-order valence-corrected chi connectivity index (χ3v) is 3.39. The number of fused-ring (bicyclic) bond motifs is 1. The van der Waals surface area contributed by atoms with E-state index in [2.05, 4.69) is 18.3 Å². The molecule has 1 N–H and O–H groups in total. The van der Waals surface area contributed by atoms with Crippen LogP contribution < -0.4 is 5.32 Å². The van der Waals surface area contributed by atoms with Gasteiger partial charge in [0.25, 0.3) is 0 Å². The first-order valence-electron chi connectivity index (χ1n) is 5.93. The standard InChI is InChI=1S/C14H15NO2/c1-14(7-6-13(16)15-14)9-11-8-10-4-2-3-5-12(10)17-11/h2-5,8H,6-7,9H2,1H3,(H,15,16). The van der Waals surface area contributed by atoms with E-state index in [-0.39, 0.29) is 11.4 Å². The molecule has 1 atom stereocenters. The molecule has 1 aliphatic rings. The maximum Gasteiger partial charge on any atom is 0.220 e. The second kappa shape index (κ2) is 3.62. The quantitative estimate of drug-likeness (QED) is 0.860. The number of furan rings is 1. The van der Waals surface area contributed by atoms with E-state index in [1.54, 1.807) is 0 Å². The molecular formula is C14H15NO2. The van der Waals surface area contributed by atoms with Gasteiger partial charge in [-0.05, 0) is 25.5 Å². The van der Waals surface area contributed by atoms with Gasteiger partial charge in [-0.25, -0.2) is 0 Å². The second-order valence-electron chi connectivity index (χ2n) is 5.04. The zero-order chi connectivity index (χ0) is 11.9. The van der Waals surface area contributed by atoms with Crippen molar-refractivity contribution in [1.29, 1.82) is 0 Å². The van der Waals surface area contributed by atoms with Crippen LogP contribution in [0.25, 0.3) is 11.0 Å². The maximum atomic E-state index is 11.3. The van der Waals surface area contributed by atoms with E-state index in [0.29, 0.717) is 6.42 Å². The zero-order valence-electron chi connectivity index (χ0n) is 9.82. The summed E-state index contributed by atoms with van der Waals surface area (Å²) < 4.78 is 5.78. The molecule has 1 amide bonds. The van der Waals surface area contributed by atoms with Crippen molar-refractivity contribution >= 4 is 16.9 Å². The second-order valence-corrected chi connectivity index (χ2v) is 5.04. The third-order valence-electron chi connectivity index (χ3n) is 3.39. The summed E-state index contributed by atoms with van der Waals surface area (Å²) in [5.41, 5.74) is 0.765. The number of rotatable bonds is 2. The van der Waals surface area contributed by atoms with Crippen LogP contribution >= 0.6 is 0 Å². The minimum absolute atomic E-state index is 0.142. The molecule has 0 radical (unpaired) electrons. The fourth-order valence-electron chi connectivity index (χ4n) is 2.49. The first kappa shape index (κ1) is 10.4. The summed E-state index contributed by atoms with van der Waals surface area (Å²) in [5.74, 6) is 1.08. The number of hydrogen-bond donors (Lipinski definition) is 1. The Labute approximate surface area is 99.8 Å². The normalized spacial score (nSPS) is 24.2. The average molecular weight is 229 g/mol. The van der Waals surface area contributed by atoms with Crippen molar-refractivity contribution in [1.82, 2.24) is 5.32 Å². The van der Waals surface area contributed by atoms with Crippen LogP contribution in [0.15, 0.2) is 34.7 Å². The minimum atomic E-state index is -0.148. The number of para-hydroxylation sites is 1. The largest absolute Gasteiger partial charge is 0.461 e. The van der Waals surface area contributed by atoms with Crippen molar-refractivity contribution in [2.75, 3.05) is 0 Å². The summed E-state index contributed by atoms with van der Waals surface area (Å²) in [7, 11) is 0. The molecule has 1 fully saturated rings. The molecule has 1 aliphatic heterocycles. The summed E-state index contributed by atoms with van der Waals surface area (Å²) in [6.45, 7) is 2.07. The molecule has 0 saturated carbocycles. The van der Waals surface area contributed by atoms with Crippen LogP contribution in [0.3, 0.4) is 0 Å². The van der Waals surface area contributed by atoms with Crippen molar-refractivity contribution in [2.24, 2.45) is 0 Å². The lowest BCUT2D eigenvalue weighted by molar-refractivity contribution is -0.119. The Morgan fingerprint density at radius 3 is 2.94 bits per heavy atom. The lowest BCUT2D eigenvalue weighted by atomic mass is 9.94. The molecule has 1 saturated heterocycles. The van der Waals surface area contributed by atoms with Gasteiger partial charge in [0.15, 0.2) is 0 Å². The molecule has 3 nitrogen and oxygen atoms in total. The van der Waals surface area contributed by atoms with Crippen LogP contribution in [0, 0.1) is 0 Å². The summed E-state index contributed by atoms with van der Waals surface area (Å²) >= 11 is 0. The zero-order valence-corrected chi connectivity index (χ0v) is 9.82. The molecule has 0 aliphatic carbocycles. The molecule has 1 aromatic heterocycles. The molecule has 3 rings (SSSR count). The van der Waals surface area contributed by atoms with E-state index < -0.39 is 0 Å². The van der Waals surface area contributed by atoms with Gasteiger partial charge in [-0.1, -0.05) is 18.2 Å². The third kappa shape index (κ3) is 1.93. The Morgan fingerprint density at radius 1 is 1.41 bits per heavy atom. The van der Waals surface area contributed by atoms with Gasteiger partial charge in [-0.15, -0.1) is 0 Å². The molecule has 2 heterocycles. The highest BCUT2D eigenvalue weighted by Gasteiger charge is 2.33. The molecule has 1 aromatic carbocycles. The van der Waals surface area contributed by atoms with Crippen LogP contribution in [0.5, 0.6) is 0 Å². The van der Waals surface area contributed by atoms with Crippen molar-refractivity contribution in [3.05, 3.63) is 36.1 Å². The van der Waals surface area contributed by atoms with Crippen LogP contribution in [-0.2, 0) is 11.2 Å². The van der Waals surface area contributed by atoms with Gasteiger partial charge in [0.1, 0.15) is 11.3 Å². The fourth-order valence-corrected chi connectivity index (χ4v) is 2.49. The number of carbonyl (C=O) groups is 1. The number of hydrogen-bond acceptors (Lipinski definition) is 2. The molecule has 0 spiro atoms. The van der Waals surface area contributed by atoms with Crippen LogP contribution in [0.2, 0.25) is 0 Å². The highest BCUT2D eigenvalue weighted by Crippen LogP contribution is 2.27. The number of benzene rings is 1. The van der Waals surface area contributed by atoms with Crippen molar-refractivity contribution in [2.45, 2.75) is 31.7 Å². The molecule has 17 heavy (non-hydrogen) atoms. The summed E-state index contributed by atoms with van der Waals surface area (Å²) in [6.07, 6.45) is 2.26. The maximum absolute atomic E-state index is 11.3. The SMILES string of the molecule is CC1(Cc2cc3ccccc3o2)CCC(=O)N1. The van der Waals surface area contributed by atoms with Crippen molar-refractivity contribution in [3.8, 4) is 0 Å². The van der Waals surface area contributed by atoms with Gasteiger partial charge < -0.3 is 9.73 Å². The van der Waals surface area contributed by atoms with Gasteiger partial charge in [0.05, 0.1) is 0 Å². The highest BCUT2D eigenvalue weighted by molar-refractivity contribution is 5.80. The van der Waals surface area contributed by atoms with Gasteiger partial charge in [-0.3, -0.25) is 4.79 Å². The topological polar surface area (TPSA) is 42.2 Å². The summed E-state index contributed by atoms with van der Waals surface area (Å²) in [6, 6.07) is 10.0. The highest BCUT2D eigenvalue weighted by atomic mass is 16.3. The van der Waals surface area contributed by atoms with E-state index in [1.165, 1.54) is 0 Å². The Kier molecular flexibility index (Phi) is 2.21. The Balaban J connectivity index is 1.87. The summed E-state index contributed by atoms with van der Waals surface area (Å²) in [5, 5.41) is 4.14. The Bertz CT molecular complexity index is 539. The van der Waals surface area contributed by atoms with Gasteiger partial charge in [0, 0.05) is 23.8 Å². The van der Waals surface area contributed by atoms with E-state index in [0.717, 1.165) is 29.6 Å². The van der Waals surface area contributed by atoms with Gasteiger partial charge >= 0.3 is 0 Å². The van der Waals surface area contributed by atoms with E-state index in [1.807, 2.05) is 24.3 Å². The molecule has 1 unspecified atom stereocenters. The predicted octanol–water partition coefficient (Wildman–Crippen LogP) is 2.64. The van der Waals surface area contributed by atoms with Crippen LogP contribution in [0.1, 0.15) is 25.5 Å². The van der Waals surface area contributed by atoms with E-state index in [4.69, 9.17) is 4.42 Å². The molecule has 3 heteroatoms. The first-order chi connectivity index (χ1) is 8.15. The van der Waals surface area contributed by atoms with Gasteiger partial charge in [0.2, 0.25) is 5.91 Å². The fraction of sp³-hybridized carbons (Fsp3) is 0.357. The van der Waals surface area contributed by atoms with Crippen LogP contribution in [0.4, 0.5) is 0 Å². The van der Waals surface area contributed by atoms with Crippen LogP contribution in [-0.4, -0.2) is 11.4 Å². The Hall–Kier alpha value is -1.77. The van der Waals surface area contributed by atoms with Crippen molar-refractivity contribution < 1.29 is 9.21 Å². The predicted molar refractivity (Wildman–Crippen MR) is 65.7 cm³/mol. The number of carbonyl (C=O) groups excluding carboxylic acids is 1. The lowest BCUT2D eigenvalue weighted by Gasteiger charge is -2.22. The van der Waals surface area contributed by atoms with E-state index >= 15 is 0 Å². The average Bonchev–Trinajstić information content (AvgIpc) is 2.81. The number of nitrogens with one attached hydrogen (secondary N) is 1. The molecule has 88 valence electrons. The molecule has 2 aromatic rings. The Morgan fingerprint density at radius 2 is 2.24 bits per heavy atom. The molecular weight excluding hydrogens is 214 g/mol. The first-order valence-corrected chi connectivity index (χ1v) is 5.93. The summed E-state index contributed by atoms with van der Waals surface area (Å²) in [4.78, 5) is 11.3.